The van der Waals surface area contributed by atoms with Crippen molar-refractivity contribution >= 4 is 28.4 Å². The van der Waals surface area contributed by atoms with E-state index in [1.165, 1.54) is 18.7 Å². The largest absolute Gasteiger partial charge is 0.494 e. The van der Waals surface area contributed by atoms with Crippen molar-refractivity contribution in [1.29, 1.82) is 0 Å². The number of ether oxygens (including phenoxy) is 3. The van der Waals surface area contributed by atoms with E-state index >= 15 is 0 Å². The van der Waals surface area contributed by atoms with Crippen LogP contribution in [0.4, 0.5) is 0 Å². The summed E-state index contributed by atoms with van der Waals surface area (Å²) in [6, 6.07) is 18.0. The van der Waals surface area contributed by atoms with Crippen molar-refractivity contribution < 1.29 is 19.0 Å². The van der Waals surface area contributed by atoms with Crippen molar-refractivity contribution in [2.24, 2.45) is 0 Å². The summed E-state index contributed by atoms with van der Waals surface area (Å²) in [5.41, 5.74) is 2.49. The first-order chi connectivity index (χ1) is 17.0. The number of carbonyl (C=O) groups is 1. The quantitative estimate of drug-likeness (QED) is 0.179. The number of nitrogens with zero attached hydrogens (tertiary/aromatic N) is 2. The highest BCUT2D eigenvalue weighted by atomic mass is 32.2. The smallest absolute Gasteiger partial charge is 0.266 e. The molecule has 0 aliphatic rings. The van der Waals surface area contributed by atoms with Crippen LogP contribution in [0.3, 0.4) is 0 Å². The summed E-state index contributed by atoms with van der Waals surface area (Å²) in [6.45, 7) is 3.95. The topological polar surface area (TPSA) is 79.7 Å². The number of ketones is 1. The van der Waals surface area contributed by atoms with E-state index in [1.807, 2.05) is 37.3 Å². The molecule has 0 aliphatic carbocycles. The lowest BCUT2D eigenvalue weighted by molar-refractivity contribution is 0.101. The zero-order valence-electron chi connectivity index (χ0n) is 20.0. The van der Waals surface area contributed by atoms with Gasteiger partial charge in [-0.25, -0.2) is 4.98 Å². The number of methoxy groups -OCH3 is 2. The fraction of sp³-hybridized carbons (Fsp3) is 0.222. The van der Waals surface area contributed by atoms with E-state index in [0.717, 1.165) is 5.56 Å². The Hall–Kier alpha value is -3.78. The lowest BCUT2D eigenvalue weighted by atomic mass is 10.1. The van der Waals surface area contributed by atoms with Crippen LogP contribution in [0, 0.1) is 0 Å². The molecule has 0 saturated carbocycles. The Morgan fingerprint density at radius 2 is 1.71 bits per heavy atom. The van der Waals surface area contributed by atoms with Crippen molar-refractivity contribution in [2.75, 3.05) is 20.8 Å². The van der Waals surface area contributed by atoms with Crippen LogP contribution >= 0.6 is 11.8 Å². The monoisotopic (exact) mass is 490 g/mol. The minimum Gasteiger partial charge on any atom is -0.494 e. The number of Topliss-reactive ketones (excluding diaryl/α,β-unsaturated/α-hetero) is 1. The van der Waals surface area contributed by atoms with Gasteiger partial charge in [0.1, 0.15) is 5.75 Å². The lowest BCUT2D eigenvalue weighted by Gasteiger charge is -2.16. The maximum atomic E-state index is 13.6. The van der Waals surface area contributed by atoms with E-state index in [1.54, 1.807) is 49.1 Å². The third kappa shape index (κ3) is 5.02. The summed E-state index contributed by atoms with van der Waals surface area (Å²) < 4.78 is 18.2. The summed E-state index contributed by atoms with van der Waals surface area (Å²) >= 11 is 1.40. The van der Waals surface area contributed by atoms with Crippen LogP contribution in [-0.4, -0.2) is 36.2 Å². The van der Waals surface area contributed by atoms with E-state index in [4.69, 9.17) is 19.2 Å². The number of benzene rings is 3. The number of thioether (sulfide) groups is 1. The van der Waals surface area contributed by atoms with E-state index < -0.39 is 0 Å². The molecule has 35 heavy (non-hydrogen) atoms. The third-order valence-electron chi connectivity index (χ3n) is 5.49. The van der Waals surface area contributed by atoms with Gasteiger partial charge in [-0.05, 0) is 56.3 Å². The van der Waals surface area contributed by atoms with Crippen molar-refractivity contribution in [2.45, 2.75) is 24.8 Å². The molecule has 4 aromatic rings. The molecule has 1 aromatic heterocycles. The molecule has 0 atom stereocenters. The molecule has 7 nitrogen and oxygen atoms in total. The maximum Gasteiger partial charge on any atom is 0.266 e. The van der Waals surface area contributed by atoms with Crippen molar-refractivity contribution in [1.82, 2.24) is 9.55 Å². The van der Waals surface area contributed by atoms with Crippen LogP contribution in [-0.2, 0) is 5.75 Å². The van der Waals surface area contributed by atoms with Crippen molar-refractivity contribution in [3.63, 3.8) is 0 Å². The standard InChI is InChI=1S/C27H26N2O5S/c1-5-34-23-12-10-18(17(2)30)14-19(23)16-35-27-28-22-9-7-6-8-21(22)26(31)29(27)20-11-13-24(32-3)25(15-20)33-4/h6-15H,5,16H2,1-4H3. The molecule has 0 saturated heterocycles. The fourth-order valence-corrected chi connectivity index (χ4v) is 4.74. The molecule has 4 rings (SSSR count). The van der Waals surface area contributed by atoms with Gasteiger partial charge in [-0.15, -0.1) is 0 Å². The van der Waals surface area contributed by atoms with Gasteiger partial charge >= 0.3 is 0 Å². The van der Waals surface area contributed by atoms with Gasteiger partial charge in [0, 0.05) is 22.9 Å². The second kappa shape index (κ2) is 10.7. The number of aromatic nitrogens is 2. The molecule has 1 heterocycles. The SMILES string of the molecule is CCOc1ccc(C(C)=O)cc1CSc1nc2ccccc2c(=O)n1-c1ccc(OC)c(OC)c1. The first-order valence-electron chi connectivity index (χ1n) is 11.1. The first-order valence-corrected chi connectivity index (χ1v) is 12.1. The molecule has 0 amide bonds. The summed E-state index contributed by atoms with van der Waals surface area (Å²) in [4.78, 5) is 30.4. The molecule has 0 fully saturated rings. The zero-order valence-corrected chi connectivity index (χ0v) is 20.8. The second-order valence-corrected chi connectivity index (χ2v) is 8.63. The molecule has 0 aliphatic heterocycles. The Labute approximate surface area is 207 Å². The Balaban J connectivity index is 1.83. The highest BCUT2D eigenvalue weighted by molar-refractivity contribution is 7.98. The summed E-state index contributed by atoms with van der Waals surface area (Å²) in [5, 5.41) is 1.02. The van der Waals surface area contributed by atoms with Gasteiger partial charge in [-0.3, -0.25) is 14.2 Å². The molecule has 0 N–H and O–H groups in total. The van der Waals surface area contributed by atoms with Gasteiger partial charge in [-0.2, -0.15) is 0 Å². The predicted molar refractivity (Wildman–Crippen MR) is 138 cm³/mol. The highest BCUT2D eigenvalue weighted by Gasteiger charge is 2.17. The van der Waals surface area contributed by atoms with Gasteiger partial charge in [-0.1, -0.05) is 23.9 Å². The summed E-state index contributed by atoms with van der Waals surface area (Å²) in [7, 11) is 3.11. The molecule has 8 heteroatoms. The number of carbonyl (C=O) groups excluding carboxylic acids is 1. The van der Waals surface area contributed by atoms with Gasteiger partial charge < -0.3 is 14.2 Å². The molecule has 0 radical (unpaired) electrons. The van der Waals surface area contributed by atoms with E-state index in [0.29, 0.717) is 56.9 Å². The number of para-hydroxylation sites is 1. The van der Waals surface area contributed by atoms with Crippen LogP contribution in [0.1, 0.15) is 29.8 Å². The summed E-state index contributed by atoms with van der Waals surface area (Å²) in [6.07, 6.45) is 0. The number of hydrogen-bond acceptors (Lipinski definition) is 7. The fourth-order valence-electron chi connectivity index (χ4n) is 3.75. The van der Waals surface area contributed by atoms with Crippen LogP contribution in [0.15, 0.2) is 70.6 Å². The maximum absolute atomic E-state index is 13.6. The Kier molecular flexibility index (Phi) is 7.41. The molecule has 0 unspecified atom stereocenters. The van der Waals surface area contributed by atoms with Crippen LogP contribution in [0.25, 0.3) is 16.6 Å². The zero-order chi connectivity index (χ0) is 24.9. The predicted octanol–water partition coefficient (Wildman–Crippen LogP) is 5.30. The lowest BCUT2D eigenvalue weighted by Crippen LogP contribution is -2.21. The minimum absolute atomic E-state index is 0.0228. The third-order valence-corrected chi connectivity index (χ3v) is 6.48. The Bertz CT molecular complexity index is 1450. The number of rotatable bonds is 9. The Morgan fingerprint density at radius 3 is 2.43 bits per heavy atom. The minimum atomic E-state index is -0.187. The van der Waals surface area contributed by atoms with Crippen LogP contribution in [0.5, 0.6) is 17.2 Å². The van der Waals surface area contributed by atoms with E-state index in [2.05, 4.69) is 0 Å². The van der Waals surface area contributed by atoms with Crippen LogP contribution in [0.2, 0.25) is 0 Å². The average Bonchev–Trinajstić information content (AvgIpc) is 2.87. The van der Waals surface area contributed by atoms with E-state index in [-0.39, 0.29) is 11.3 Å². The van der Waals surface area contributed by atoms with E-state index in [9.17, 15) is 9.59 Å². The molecular weight excluding hydrogens is 464 g/mol. The highest BCUT2D eigenvalue weighted by Crippen LogP contribution is 2.33. The molecule has 3 aromatic carbocycles. The second-order valence-electron chi connectivity index (χ2n) is 7.69. The first kappa shape index (κ1) is 24.3. The average molecular weight is 491 g/mol. The molecule has 0 spiro atoms. The van der Waals surface area contributed by atoms with Gasteiger partial charge in [0.25, 0.3) is 5.56 Å². The molecule has 0 bridgehead atoms. The molecule has 180 valence electrons. The van der Waals surface area contributed by atoms with Gasteiger partial charge in [0.2, 0.25) is 0 Å². The van der Waals surface area contributed by atoms with Crippen LogP contribution < -0.4 is 19.8 Å². The Morgan fingerprint density at radius 1 is 0.971 bits per heavy atom. The molecular formula is C27H26N2O5S. The van der Waals surface area contributed by atoms with Gasteiger partial charge in [0.15, 0.2) is 22.4 Å². The summed E-state index contributed by atoms with van der Waals surface area (Å²) in [5.74, 6) is 2.20. The number of hydrogen-bond donors (Lipinski definition) is 0. The van der Waals surface area contributed by atoms with Crippen molar-refractivity contribution in [3.8, 4) is 22.9 Å². The van der Waals surface area contributed by atoms with Gasteiger partial charge in [0.05, 0.1) is 37.4 Å². The normalized spacial score (nSPS) is 10.9. The number of fused-ring (bicyclic) bond motifs is 1. The van der Waals surface area contributed by atoms with Crippen molar-refractivity contribution in [3.05, 3.63) is 82.1 Å².